The Balaban J connectivity index is 0.905. The fourth-order valence-corrected chi connectivity index (χ4v) is 25.5. The predicted octanol–water partition coefficient (Wildman–Crippen LogP) is 15.4. The van der Waals surface area contributed by atoms with Crippen LogP contribution in [0, 0.1) is 6.33 Å². The standard InChI is InChI=1S/C66H64N4OSi2/c1-66(2,3)50-32-33-67-64(42-50)70-58-23-5-4-20-56(58)57-31-30-53(44-61(57)70)71-52-19-12-18-51(43-52)68-45-69(60-25-7-6-24-59(60)68)65-54(48-28-26-46-16-14-38-72(62(46)40-48)34-8-9-35-72)21-13-22-55(65)49-29-27-47-17-15-39-73(63(47)41-49)36-10-11-37-73/h4-7,12-13,18-33,40-44H,8-11,14-17,34-39H2,1-3H3. The van der Waals surface area contributed by atoms with E-state index < -0.39 is 16.1 Å². The molecule has 0 aliphatic carbocycles. The van der Waals surface area contributed by atoms with Gasteiger partial charge < -0.3 is 4.74 Å². The first kappa shape index (κ1) is 44.9. The number of aromatic nitrogens is 4. The van der Waals surface area contributed by atoms with Gasteiger partial charge in [-0.05, 0) is 106 Å². The molecule has 14 rings (SSSR count). The zero-order chi connectivity index (χ0) is 48.9. The van der Waals surface area contributed by atoms with Crippen molar-refractivity contribution in [1.82, 2.24) is 14.1 Å². The summed E-state index contributed by atoms with van der Waals surface area (Å²) in [6.07, 6.45) is 16.8. The van der Waals surface area contributed by atoms with Crippen LogP contribution in [0.5, 0.6) is 11.5 Å². The van der Waals surface area contributed by atoms with E-state index in [9.17, 15) is 0 Å². The van der Waals surface area contributed by atoms with Crippen LogP contribution >= 0.6 is 0 Å². The fraction of sp³-hybridized carbons (Fsp3) is 0.273. The van der Waals surface area contributed by atoms with E-state index in [1.807, 2.05) is 6.20 Å². The molecule has 2 fully saturated rings. The molecule has 0 unspecified atom stereocenters. The molecule has 0 radical (unpaired) electrons. The van der Waals surface area contributed by atoms with E-state index in [-0.39, 0.29) is 5.41 Å². The van der Waals surface area contributed by atoms with Gasteiger partial charge >= 0.3 is 0 Å². The first-order valence-corrected chi connectivity index (χ1v) is 32.6. The summed E-state index contributed by atoms with van der Waals surface area (Å²) in [6, 6.07) is 68.0. The number of pyridine rings is 1. The highest BCUT2D eigenvalue weighted by Gasteiger charge is 2.43. The molecule has 0 N–H and O–H groups in total. The van der Waals surface area contributed by atoms with Crippen LogP contribution in [0.4, 0.5) is 0 Å². The number of fused-ring (bicyclic) bond motifs is 8. The van der Waals surface area contributed by atoms with E-state index in [1.54, 1.807) is 21.5 Å². The van der Waals surface area contributed by atoms with Crippen molar-refractivity contribution in [2.45, 2.75) is 114 Å². The van der Waals surface area contributed by atoms with Gasteiger partial charge in [0.05, 0.1) is 49.6 Å². The molecular weight excluding hydrogens is 921 g/mol. The fourth-order valence-electron chi connectivity index (χ4n) is 14.3. The number of para-hydroxylation sites is 4. The second-order valence-electron chi connectivity index (χ2n) is 23.2. The van der Waals surface area contributed by atoms with Gasteiger partial charge in [-0.15, -0.1) is 0 Å². The lowest BCUT2D eigenvalue weighted by atomic mass is 9.88. The second-order valence-corrected chi connectivity index (χ2v) is 32.4. The van der Waals surface area contributed by atoms with Crippen molar-refractivity contribution < 1.29 is 9.30 Å². The van der Waals surface area contributed by atoms with Crippen molar-refractivity contribution in [2.24, 2.45) is 0 Å². The lowest BCUT2D eigenvalue weighted by molar-refractivity contribution is -0.571. The van der Waals surface area contributed by atoms with Crippen LogP contribution in [-0.2, 0) is 18.3 Å². The second kappa shape index (κ2) is 17.4. The minimum absolute atomic E-state index is 0.00827. The Labute approximate surface area is 432 Å². The largest absolute Gasteiger partial charge is 0.458 e. The molecule has 4 aliphatic rings. The van der Waals surface area contributed by atoms with Crippen molar-refractivity contribution in [3.63, 3.8) is 0 Å². The lowest BCUT2D eigenvalue weighted by Gasteiger charge is -2.35. The predicted molar refractivity (Wildman–Crippen MR) is 307 cm³/mol. The number of aryl methyl sites for hydroxylation is 2. The Hall–Kier alpha value is -6.81. The van der Waals surface area contributed by atoms with Gasteiger partial charge in [0.15, 0.2) is 0 Å². The summed E-state index contributed by atoms with van der Waals surface area (Å²) in [6.45, 7) is 6.76. The monoisotopic (exact) mass is 984 g/mol. The van der Waals surface area contributed by atoms with E-state index >= 15 is 0 Å². The highest BCUT2D eigenvalue weighted by molar-refractivity contribution is 6.93. The molecule has 7 heteroatoms. The number of nitrogens with zero attached hydrogens (tertiary/aromatic N) is 4. The highest BCUT2D eigenvalue weighted by Crippen LogP contribution is 2.43. The number of hydrogen-bond acceptors (Lipinski definition) is 2. The van der Waals surface area contributed by atoms with E-state index in [1.165, 1.54) is 132 Å². The van der Waals surface area contributed by atoms with Crippen molar-refractivity contribution >= 4 is 59.4 Å². The highest BCUT2D eigenvalue weighted by atomic mass is 28.3. The number of rotatable bonds is 7. The molecule has 2 spiro atoms. The summed E-state index contributed by atoms with van der Waals surface area (Å²) in [5, 5.41) is 5.88. The van der Waals surface area contributed by atoms with Crippen LogP contribution in [0.3, 0.4) is 0 Å². The molecule has 4 aliphatic heterocycles. The number of benzene rings is 7. The maximum absolute atomic E-state index is 6.88. The molecule has 0 bridgehead atoms. The van der Waals surface area contributed by atoms with Gasteiger partial charge in [0.2, 0.25) is 0 Å². The van der Waals surface area contributed by atoms with Crippen LogP contribution in [0.1, 0.15) is 76.0 Å². The van der Waals surface area contributed by atoms with Crippen molar-refractivity contribution in [2.75, 3.05) is 0 Å². The molecule has 73 heavy (non-hydrogen) atoms. The first-order chi connectivity index (χ1) is 35.7. The summed E-state index contributed by atoms with van der Waals surface area (Å²) in [5.41, 5.74) is 16.4. The van der Waals surface area contributed by atoms with Crippen LogP contribution < -0.4 is 19.7 Å². The molecule has 3 aromatic heterocycles. The minimum Gasteiger partial charge on any atom is -0.458 e. The SMILES string of the molecule is CC(C)(C)c1ccnc(-n2c3ccccc3c3ccc(Oc4cccc(-n5[c-][n+](-c6c(-c7ccc8c(c7)[Si]7(CCCC7)CCC8)cccc6-c6ccc7c(c6)[Si]6(CCCC6)CCC7)c6ccccc65)c4)cc32)c1. The molecule has 5 nitrogen and oxygen atoms in total. The van der Waals surface area contributed by atoms with E-state index in [4.69, 9.17) is 9.72 Å². The van der Waals surface area contributed by atoms with Gasteiger partial charge in [-0.1, -0.05) is 209 Å². The third-order valence-electron chi connectivity index (χ3n) is 17.9. The molecule has 0 amide bonds. The van der Waals surface area contributed by atoms with Gasteiger partial charge in [0, 0.05) is 23.0 Å². The Morgan fingerprint density at radius 3 is 1.82 bits per heavy atom. The molecule has 10 aromatic rings. The molecule has 2 saturated heterocycles. The van der Waals surface area contributed by atoms with Crippen LogP contribution in [0.25, 0.3) is 72.3 Å². The Kier molecular flexibility index (Phi) is 10.7. The number of hydrogen-bond donors (Lipinski definition) is 0. The third-order valence-corrected chi connectivity index (χ3v) is 29.0. The van der Waals surface area contributed by atoms with E-state index in [0.29, 0.717) is 0 Å². The average molecular weight is 985 g/mol. The smallest absolute Gasteiger partial charge is 0.269 e. The van der Waals surface area contributed by atoms with Gasteiger partial charge in [0.1, 0.15) is 17.3 Å². The van der Waals surface area contributed by atoms with E-state index in [2.05, 4.69) is 199 Å². The van der Waals surface area contributed by atoms with Gasteiger partial charge in [-0.2, -0.15) is 0 Å². The molecule has 0 atom stereocenters. The number of ether oxygens (including phenoxy) is 1. The summed E-state index contributed by atoms with van der Waals surface area (Å²) in [7, 11) is -3.02. The Bertz CT molecular complexity index is 3710. The molecule has 7 aromatic carbocycles. The average Bonchev–Trinajstić information content (AvgIpc) is 4.24. The first-order valence-electron chi connectivity index (χ1n) is 27.4. The lowest BCUT2D eigenvalue weighted by Crippen LogP contribution is -2.49. The summed E-state index contributed by atoms with van der Waals surface area (Å²) < 4.78 is 13.8. The number of imidazole rings is 1. The molecule has 7 heterocycles. The summed E-state index contributed by atoms with van der Waals surface area (Å²) in [4.78, 5) is 4.93. The normalized spacial score (nSPS) is 17.0. The quantitative estimate of drug-likeness (QED) is 0.0906. The molecule has 0 saturated carbocycles. The third kappa shape index (κ3) is 7.51. The molecular formula is C66H64N4OSi2. The Morgan fingerprint density at radius 1 is 0.534 bits per heavy atom. The maximum Gasteiger partial charge on any atom is 0.269 e. The summed E-state index contributed by atoms with van der Waals surface area (Å²) >= 11 is 0. The van der Waals surface area contributed by atoms with E-state index in [0.717, 1.165) is 45.1 Å². The van der Waals surface area contributed by atoms with Gasteiger partial charge in [-0.25, -0.2) is 4.98 Å². The van der Waals surface area contributed by atoms with Crippen LogP contribution in [-0.4, -0.2) is 30.3 Å². The van der Waals surface area contributed by atoms with Gasteiger partial charge in [-0.3, -0.25) is 13.7 Å². The zero-order valence-electron chi connectivity index (χ0n) is 42.7. The minimum atomic E-state index is -1.51. The maximum atomic E-state index is 6.88. The van der Waals surface area contributed by atoms with Crippen LogP contribution in [0.15, 0.2) is 164 Å². The zero-order valence-corrected chi connectivity index (χ0v) is 44.7. The molecule has 362 valence electrons. The van der Waals surface area contributed by atoms with Crippen molar-refractivity contribution in [3.8, 4) is 50.9 Å². The summed E-state index contributed by atoms with van der Waals surface area (Å²) in [5.74, 6) is 2.45. The topological polar surface area (TPSA) is 35.9 Å². The Morgan fingerprint density at radius 2 is 1.14 bits per heavy atom. The van der Waals surface area contributed by atoms with Gasteiger partial charge in [0.25, 0.3) is 6.33 Å². The van der Waals surface area contributed by atoms with Crippen molar-refractivity contribution in [3.05, 3.63) is 187 Å². The van der Waals surface area contributed by atoms with Crippen molar-refractivity contribution in [1.29, 1.82) is 0 Å². The van der Waals surface area contributed by atoms with Crippen LogP contribution in [0.2, 0.25) is 36.3 Å².